The van der Waals surface area contributed by atoms with Gasteiger partial charge in [0, 0.05) is 20.1 Å². The quantitative estimate of drug-likeness (QED) is 0.632. The summed E-state index contributed by atoms with van der Waals surface area (Å²) >= 11 is 0. The Morgan fingerprint density at radius 3 is 2.43 bits per heavy atom. The van der Waals surface area contributed by atoms with E-state index in [-0.39, 0.29) is 5.75 Å². The zero-order chi connectivity index (χ0) is 10.6. The maximum absolute atomic E-state index is 11.3. The molecule has 0 atom stereocenters. The molecule has 0 radical (unpaired) electrons. The van der Waals surface area contributed by atoms with E-state index >= 15 is 0 Å². The van der Waals surface area contributed by atoms with E-state index in [1.807, 2.05) is 0 Å². The minimum atomic E-state index is -2.98. The molecule has 1 rings (SSSR count). The van der Waals surface area contributed by atoms with Crippen LogP contribution in [-0.2, 0) is 10.0 Å². The Hall–Kier alpha value is -0.130. The smallest absolute Gasteiger partial charge is 0.213 e. The van der Waals surface area contributed by atoms with Crippen LogP contribution in [0.25, 0.3) is 0 Å². The summed E-state index contributed by atoms with van der Waals surface area (Å²) in [6, 6.07) is 0.723. The van der Waals surface area contributed by atoms with Gasteiger partial charge in [0.25, 0.3) is 0 Å². The van der Waals surface area contributed by atoms with Crippen molar-refractivity contribution in [1.29, 1.82) is 0 Å². The standard InChI is InChI=1S/C9H20N2O2S/c1-11(2)14(12,13)8-4-3-7-10-9-5-6-9/h9-10H,3-8H2,1-2H3. The Morgan fingerprint density at radius 1 is 1.29 bits per heavy atom. The molecule has 0 aromatic heterocycles. The fourth-order valence-corrected chi connectivity index (χ4v) is 2.12. The molecular weight excluding hydrogens is 200 g/mol. The fraction of sp³-hybridized carbons (Fsp3) is 1.00. The van der Waals surface area contributed by atoms with Gasteiger partial charge in [0.1, 0.15) is 0 Å². The second kappa shape index (κ2) is 5.09. The number of unbranched alkanes of at least 4 members (excludes halogenated alkanes) is 1. The van der Waals surface area contributed by atoms with Gasteiger partial charge in [0.15, 0.2) is 0 Å². The molecule has 14 heavy (non-hydrogen) atoms. The van der Waals surface area contributed by atoms with Gasteiger partial charge in [-0.3, -0.25) is 0 Å². The van der Waals surface area contributed by atoms with E-state index in [1.54, 1.807) is 14.1 Å². The van der Waals surface area contributed by atoms with Crippen molar-refractivity contribution in [1.82, 2.24) is 9.62 Å². The molecule has 0 aromatic carbocycles. The zero-order valence-electron chi connectivity index (χ0n) is 8.99. The predicted octanol–water partition coefficient (Wildman–Crippen LogP) is 0.410. The first kappa shape index (κ1) is 11.9. The lowest BCUT2D eigenvalue weighted by Gasteiger charge is -2.10. The van der Waals surface area contributed by atoms with Gasteiger partial charge in [0.2, 0.25) is 10.0 Å². The largest absolute Gasteiger partial charge is 0.314 e. The van der Waals surface area contributed by atoms with Gasteiger partial charge in [0.05, 0.1) is 5.75 Å². The van der Waals surface area contributed by atoms with Crippen LogP contribution in [0.3, 0.4) is 0 Å². The average Bonchev–Trinajstić information content (AvgIpc) is 2.87. The van der Waals surface area contributed by atoms with Gasteiger partial charge in [-0.25, -0.2) is 12.7 Å². The summed E-state index contributed by atoms with van der Waals surface area (Å²) in [5.41, 5.74) is 0. The molecule has 84 valence electrons. The van der Waals surface area contributed by atoms with E-state index < -0.39 is 10.0 Å². The molecule has 1 saturated carbocycles. The SMILES string of the molecule is CN(C)S(=O)(=O)CCCCNC1CC1. The van der Waals surface area contributed by atoms with Crippen LogP contribution < -0.4 is 5.32 Å². The van der Waals surface area contributed by atoms with Crippen molar-refractivity contribution in [2.24, 2.45) is 0 Å². The summed E-state index contributed by atoms with van der Waals surface area (Å²) in [6.45, 7) is 0.952. The summed E-state index contributed by atoms with van der Waals surface area (Å²) in [7, 11) is 0.185. The van der Waals surface area contributed by atoms with Crippen molar-refractivity contribution in [2.75, 3.05) is 26.4 Å². The van der Waals surface area contributed by atoms with Crippen LogP contribution in [0.15, 0.2) is 0 Å². The Labute approximate surface area is 86.7 Å². The Balaban J connectivity index is 2.02. The van der Waals surface area contributed by atoms with Crippen LogP contribution in [0.2, 0.25) is 0 Å². The van der Waals surface area contributed by atoms with E-state index in [0.29, 0.717) is 0 Å². The third-order valence-electron chi connectivity index (χ3n) is 2.40. The highest BCUT2D eigenvalue weighted by Gasteiger charge is 2.19. The monoisotopic (exact) mass is 220 g/mol. The first-order chi connectivity index (χ1) is 6.52. The second-order valence-electron chi connectivity index (χ2n) is 4.03. The fourth-order valence-electron chi connectivity index (χ4n) is 1.19. The number of sulfonamides is 1. The van der Waals surface area contributed by atoms with Gasteiger partial charge in [-0.15, -0.1) is 0 Å². The molecule has 1 fully saturated rings. The summed E-state index contributed by atoms with van der Waals surface area (Å²) in [4.78, 5) is 0. The van der Waals surface area contributed by atoms with E-state index in [1.165, 1.54) is 17.1 Å². The minimum absolute atomic E-state index is 0.270. The van der Waals surface area contributed by atoms with E-state index in [9.17, 15) is 8.42 Å². The van der Waals surface area contributed by atoms with Gasteiger partial charge >= 0.3 is 0 Å². The van der Waals surface area contributed by atoms with Gasteiger partial charge in [-0.2, -0.15) is 0 Å². The van der Waals surface area contributed by atoms with E-state index in [0.717, 1.165) is 25.4 Å². The minimum Gasteiger partial charge on any atom is -0.314 e. The third-order valence-corrected chi connectivity index (χ3v) is 4.31. The molecule has 1 aliphatic carbocycles. The lowest BCUT2D eigenvalue weighted by Crippen LogP contribution is -2.26. The second-order valence-corrected chi connectivity index (χ2v) is 6.34. The Bertz CT molecular complexity index is 258. The molecule has 0 saturated heterocycles. The number of nitrogens with one attached hydrogen (secondary N) is 1. The molecule has 0 unspecified atom stereocenters. The normalized spacial score (nSPS) is 17.6. The number of hydrogen-bond donors (Lipinski definition) is 1. The van der Waals surface area contributed by atoms with Crippen molar-refractivity contribution in [3.05, 3.63) is 0 Å². The zero-order valence-corrected chi connectivity index (χ0v) is 9.81. The molecule has 5 heteroatoms. The molecule has 0 bridgehead atoms. The summed E-state index contributed by atoms with van der Waals surface area (Å²) < 4.78 is 24.0. The van der Waals surface area contributed by atoms with Crippen LogP contribution in [0.5, 0.6) is 0 Å². The van der Waals surface area contributed by atoms with Crippen LogP contribution in [0.1, 0.15) is 25.7 Å². The molecule has 0 heterocycles. The van der Waals surface area contributed by atoms with Crippen molar-refractivity contribution in [3.8, 4) is 0 Å². The lowest BCUT2D eigenvalue weighted by molar-refractivity contribution is 0.516. The van der Waals surface area contributed by atoms with Crippen molar-refractivity contribution in [2.45, 2.75) is 31.7 Å². The average molecular weight is 220 g/mol. The maximum atomic E-state index is 11.3. The molecule has 0 aliphatic heterocycles. The summed E-state index contributed by atoms with van der Waals surface area (Å²) in [5.74, 6) is 0.270. The number of hydrogen-bond acceptors (Lipinski definition) is 3. The highest BCUT2D eigenvalue weighted by molar-refractivity contribution is 7.89. The van der Waals surface area contributed by atoms with Crippen LogP contribution in [0.4, 0.5) is 0 Å². The van der Waals surface area contributed by atoms with Crippen molar-refractivity contribution < 1.29 is 8.42 Å². The maximum Gasteiger partial charge on any atom is 0.213 e. The Kier molecular flexibility index (Phi) is 4.34. The predicted molar refractivity (Wildman–Crippen MR) is 57.7 cm³/mol. The summed E-state index contributed by atoms with van der Waals surface area (Å²) in [5, 5.41) is 3.36. The number of rotatable bonds is 7. The highest BCUT2D eigenvalue weighted by Crippen LogP contribution is 2.18. The van der Waals surface area contributed by atoms with Gasteiger partial charge < -0.3 is 5.32 Å². The van der Waals surface area contributed by atoms with Crippen molar-refractivity contribution in [3.63, 3.8) is 0 Å². The topological polar surface area (TPSA) is 49.4 Å². The van der Waals surface area contributed by atoms with Crippen LogP contribution in [-0.4, -0.2) is 45.2 Å². The molecule has 0 aromatic rings. The summed E-state index contributed by atoms with van der Waals surface area (Å²) in [6.07, 6.45) is 4.27. The van der Waals surface area contributed by atoms with Crippen LogP contribution >= 0.6 is 0 Å². The molecule has 0 amide bonds. The van der Waals surface area contributed by atoms with Crippen molar-refractivity contribution >= 4 is 10.0 Å². The number of nitrogens with zero attached hydrogens (tertiary/aromatic N) is 1. The lowest BCUT2D eigenvalue weighted by atomic mass is 10.3. The van der Waals surface area contributed by atoms with Crippen LogP contribution in [0, 0.1) is 0 Å². The van der Waals surface area contributed by atoms with E-state index in [2.05, 4.69) is 5.32 Å². The molecule has 4 nitrogen and oxygen atoms in total. The van der Waals surface area contributed by atoms with Gasteiger partial charge in [-0.1, -0.05) is 0 Å². The van der Waals surface area contributed by atoms with Gasteiger partial charge in [-0.05, 0) is 32.2 Å². The Morgan fingerprint density at radius 2 is 1.93 bits per heavy atom. The first-order valence-electron chi connectivity index (χ1n) is 5.16. The molecule has 0 spiro atoms. The highest BCUT2D eigenvalue weighted by atomic mass is 32.2. The third kappa shape index (κ3) is 4.39. The first-order valence-corrected chi connectivity index (χ1v) is 6.77. The molecule has 1 N–H and O–H groups in total. The molecular formula is C9H20N2O2S. The van der Waals surface area contributed by atoms with E-state index in [4.69, 9.17) is 0 Å². The molecule has 1 aliphatic rings.